The van der Waals surface area contributed by atoms with Crippen LogP contribution in [0.3, 0.4) is 0 Å². The van der Waals surface area contributed by atoms with Crippen molar-refractivity contribution in [2.75, 3.05) is 7.11 Å². The molecule has 2 rings (SSSR count). The van der Waals surface area contributed by atoms with Crippen molar-refractivity contribution in [1.82, 2.24) is 0 Å². The SMILES string of the molecule is COC(=O)C1=CC(=O)c2cccc(=C(C)C)c2=N1. The Bertz CT molecular complexity index is 679. The summed E-state index contributed by atoms with van der Waals surface area (Å²) in [4.78, 5) is 27.6. The molecule has 1 aromatic rings. The second kappa shape index (κ2) is 4.56. The van der Waals surface area contributed by atoms with Gasteiger partial charge in [-0.25, -0.2) is 9.79 Å². The van der Waals surface area contributed by atoms with E-state index in [1.165, 1.54) is 13.2 Å². The molecule has 1 aliphatic rings. The maximum atomic E-state index is 11.9. The molecular weight excluding hydrogens is 230 g/mol. The first kappa shape index (κ1) is 12.2. The summed E-state index contributed by atoms with van der Waals surface area (Å²) in [5, 5.41) is 1.42. The molecule has 0 unspecified atom stereocenters. The smallest absolute Gasteiger partial charge is 0.356 e. The minimum absolute atomic E-state index is 0.0451. The average Bonchev–Trinajstić information content (AvgIpc) is 2.36. The van der Waals surface area contributed by atoms with Gasteiger partial charge >= 0.3 is 5.97 Å². The maximum Gasteiger partial charge on any atom is 0.356 e. The lowest BCUT2D eigenvalue weighted by molar-refractivity contribution is -0.136. The van der Waals surface area contributed by atoms with Crippen LogP contribution in [-0.4, -0.2) is 18.9 Å². The van der Waals surface area contributed by atoms with Crippen molar-refractivity contribution < 1.29 is 14.3 Å². The number of carbonyl (C=O) groups excluding carboxylic acids is 2. The fourth-order valence-electron chi connectivity index (χ4n) is 1.83. The standard InChI is InChI=1S/C14H13NO3/c1-8(2)9-5-4-6-10-12(16)7-11(14(17)18-3)15-13(9)10/h4-7H,1-3H3. The third-order valence-corrected chi connectivity index (χ3v) is 2.73. The van der Waals surface area contributed by atoms with Crippen LogP contribution in [0.4, 0.5) is 0 Å². The number of ether oxygens (including phenoxy) is 1. The molecule has 0 aromatic heterocycles. The van der Waals surface area contributed by atoms with Crippen molar-refractivity contribution in [2.45, 2.75) is 13.8 Å². The zero-order chi connectivity index (χ0) is 13.3. The van der Waals surface area contributed by atoms with Gasteiger partial charge in [-0.05, 0) is 25.1 Å². The fraction of sp³-hybridized carbons (Fsp3) is 0.214. The van der Waals surface area contributed by atoms with Crippen molar-refractivity contribution in [1.29, 1.82) is 0 Å². The Kier molecular flexibility index (Phi) is 3.10. The molecule has 0 saturated carbocycles. The number of hydrogen-bond acceptors (Lipinski definition) is 4. The first-order valence-corrected chi connectivity index (χ1v) is 5.54. The van der Waals surface area contributed by atoms with Crippen molar-refractivity contribution in [3.63, 3.8) is 0 Å². The minimum atomic E-state index is -0.599. The van der Waals surface area contributed by atoms with Gasteiger partial charge in [0.25, 0.3) is 0 Å². The third-order valence-electron chi connectivity index (χ3n) is 2.73. The van der Waals surface area contributed by atoms with E-state index < -0.39 is 5.97 Å². The van der Waals surface area contributed by atoms with Crippen LogP contribution < -0.4 is 10.6 Å². The van der Waals surface area contributed by atoms with Gasteiger partial charge in [0, 0.05) is 11.6 Å². The number of esters is 1. The molecule has 4 heteroatoms. The second-order valence-corrected chi connectivity index (χ2v) is 4.20. The molecule has 18 heavy (non-hydrogen) atoms. The molecule has 1 aliphatic heterocycles. The lowest BCUT2D eigenvalue weighted by Gasteiger charge is -2.07. The van der Waals surface area contributed by atoms with Gasteiger partial charge in [-0.1, -0.05) is 17.7 Å². The van der Waals surface area contributed by atoms with E-state index in [4.69, 9.17) is 0 Å². The number of fused-ring (bicyclic) bond motifs is 1. The fourth-order valence-corrected chi connectivity index (χ4v) is 1.83. The van der Waals surface area contributed by atoms with E-state index in [0.717, 1.165) is 10.8 Å². The Morgan fingerprint density at radius 3 is 2.61 bits per heavy atom. The molecule has 0 fully saturated rings. The Balaban J connectivity index is 2.81. The van der Waals surface area contributed by atoms with E-state index in [0.29, 0.717) is 10.9 Å². The largest absolute Gasteiger partial charge is 0.464 e. The molecule has 0 amide bonds. The molecule has 4 nitrogen and oxygen atoms in total. The summed E-state index contributed by atoms with van der Waals surface area (Å²) in [6.07, 6.45) is 1.21. The normalized spacial score (nSPS) is 13.3. The molecule has 0 aliphatic carbocycles. The Labute approximate surface area is 104 Å². The van der Waals surface area contributed by atoms with E-state index >= 15 is 0 Å². The highest BCUT2D eigenvalue weighted by molar-refractivity contribution is 6.09. The highest BCUT2D eigenvalue weighted by Gasteiger charge is 2.18. The van der Waals surface area contributed by atoms with Crippen LogP contribution in [0.25, 0.3) is 5.57 Å². The number of nitrogens with zero attached hydrogens (tertiary/aromatic N) is 1. The predicted molar refractivity (Wildman–Crippen MR) is 66.4 cm³/mol. The Morgan fingerprint density at radius 2 is 2.00 bits per heavy atom. The first-order chi connectivity index (χ1) is 8.54. The van der Waals surface area contributed by atoms with Crippen LogP contribution in [0.1, 0.15) is 24.2 Å². The molecular formula is C14H13NO3. The van der Waals surface area contributed by atoms with Gasteiger partial charge in [-0.15, -0.1) is 0 Å². The quantitative estimate of drug-likeness (QED) is 0.684. The van der Waals surface area contributed by atoms with E-state index in [1.54, 1.807) is 6.07 Å². The third kappa shape index (κ3) is 1.97. The number of methoxy groups -OCH3 is 1. The van der Waals surface area contributed by atoms with Crippen LogP contribution in [0.2, 0.25) is 0 Å². The van der Waals surface area contributed by atoms with E-state index in [1.807, 2.05) is 26.0 Å². The lowest BCUT2D eigenvalue weighted by Crippen LogP contribution is -2.34. The number of hydrogen-bond donors (Lipinski definition) is 0. The van der Waals surface area contributed by atoms with Gasteiger partial charge in [-0.2, -0.15) is 0 Å². The molecule has 0 atom stereocenters. The molecule has 0 radical (unpaired) electrons. The zero-order valence-corrected chi connectivity index (χ0v) is 10.5. The maximum absolute atomic E-state index is 11.9. The van der Waals surface area contributed by atoms with Crippen molar-refractivity contribution in [3.05, 3.63) is 46.1 Å². The monoisotopic (exact) mass is 243 g/mol. The number of carbonyl (C=O) groups is 2. The average molecular weight is 243 g/mol. The summed E-state index contributed by atoms with van der Waals surface area (Å²) in [6, 6.07) is 5.40. The lowest BCUT2D eigenvalue weighted by atomic mass is 10.0. The van der Waals surface area contributed by atoms with Crippen molar-refractivity contribution >= 4 is 17.3 Å². The summed E-state index contributed by atoms with van der Waals surface area (Å²) >= 11 is 0. The molecule has 92 valence electrons. The predicted octanol–water partition coefficient (Wildman–Crippen LogP) is 0.750. The van der Waals surface area contributed by atoms with Crippen LogP contribution in [0.5, 0.6) is 0 Å². The number of benzene rings is 1. The van der Waals surface area contributed by atoms with Gasteiger partial charge in [0.15, 0.2) is 11.5 Å². The molecule has 0 spiro atoms. The summed E-state index contributed by atoms with van der Waals surface area (Å²) in [7, 11) is 1.27. The van der Waals surface area contributed by atoms with E-state index in [-0.39, 0.29) is 11.5 Å². The number of ketones is 1. The van der Waals surface area contributed by atoms with Gasteiger partial charge in [0.2, 0.25) is 0 Å². The van der Waals surface area contributed by atoms with Gasteiger partial charge in [-0.3, -0.25) is 4.79 Å². The van der Waals surface area contributed by atoms with Gasteiger partial charge < -0.3 is 4.74 Å². The zero-order valence-electron chi connectivity index (χ0n) is 10.5. The number of para-hydroxylation sites is 1. The first-order valence-electron chi connectivity index (χ1n) is 5.54. The van der Waals surface area contributed by atoms with Gasteiger partial charge in [0.1, 0.15) is 0 Å². The van der Waals surface area contributed by atoms with E-state index in [2.05, 4.69) is 9.73 Å². The Hall–Kier alpha value is -2.23. The van der Waals surface area contributed by atoms with Crippen molar-refractivity contribution in [3.8, 4) is 0 Å². The summed E-state index contributed by atoms with van der Waals surface area (Å²) in [5.41, 5.74) is 1.60. The summed E-state index contributed by atoms with van der Waals surface area (Å²) < 4.78 is 4.59. The van der Waals surface area contributed by atoms with Crippen LogP contribution in [0.15, 0.2) is 35.0 Å². The minimum Gasteiger partial charge on any atom is -0.464 e. The summed E-state index contributed by atoms with van der Waals surface area (Å²) in [5.74, 6) is -0.818. The molecule has 0 bridgehead atoms. The number of rotatable bonds is 1. The van der Waals surface area contributed by atoms with Gasteiger partial charge in [0.05, 0.1) is 12.5 Å². The van der Waals surface area contributed by atoms with Crippen LogP contribution in [-0.2, 0) is 9.53 Å². The highest BCUT2D eigenvalue weighted by atomic mass is 16.5. The van der Waals surface area contributed by atoms with Crippen LogP contribution in [0, 0.1) is 0 Å². The molecule has 0 N–H and O–H groups in total. The number of allylic oxidation sites excluding steroid dienone is 1. The second-order valence-electron chi connectivity index (χ2n) is 4.20. The Morgan fingerprint density at radius 1 is 1.28 bits per heavy atom. The molecule has 0 saturated heterocycles. The van der Waals surface area contributed by atoms with E-state index in [9.17, 15) is 9.59 Å². The van der Waals surface area contributed by atoms with Crippen LogP contribution >= 0.6 is 0 Å². The van der Waals surface area contributed by atoms with Crippen molar-refractivity contribution in [2.24, 2.45) is 4.99 Å². The highest BCUT2D eigenvalue weighted by Crippen LogP contribution is 2.07. The summed E-state index contributed by atoms with van der Waals surface area (Å²) in [6.45, 7) is 3.87. The molecule has 1 heterocycles. The topological polar surface area (TPSA) is 55.7 Å². The molecule has 1 aromatic carbocycles.